The van der Waals surface area contributed by atoms with Crippen molar-refractivity contribution in [2.75, 3.05) is 12.0 Å². The third kappa shape index (κ3) is 4.58. The highest BCUT2D eigenvalue weighted by Gasteiger charge is 2.36. The number of carbonyl (C=O) groups is 1. The van der Waals surface area contributed by atoms with Gasteiger partial charge in [0.25, 0.3) is 5.89 Å². The zero-order valence-corrected chi connectivity index (χ0v) is 21.1. The lowest BCUT2D eigenvalue weighted by Crippen LogP contribution is -2.46. The molecule has 0 saturated carbocycles. The van der Waals surface area contributed by atoms with Crippen LogP contribution >= 0.6 is 0 Å². The molecule has 3 aromatic carbocycles. The zero-order chi connectivity index (χ0) is 26.1. The summed E-state index contributed by atoms with van der Waals surface area (Å²) >= 11 is 0. The van der Waals surface area contributed by atoms with E-state index in [0.29, 0.717) is 16.8 Å². The van der Waals surface area contributed by atoms with Gasteiger partial charge in [0.15, 0.2) is 11.6 Å². The molecule has 4 aromatic rings. The van der Waals surface area contributed by atoms with Gasteiger partial charge in [-0.2, -0.15) is 4.98 Å². The van der Waals surface area contributed by atoms with Gasteiger partial charge in [0.2, 0.25) is 5.82 Å². The number of aryl methyl sites for hydroxylation is 2. The van der Waals surface area contributed by atoms with Crippen LogP contribution < -0.4 is 15.0 Å². The molecule has 1 aliphatic rings. The van der Waals surface area contributed by atoms with Gasteiger partial charge < -0.3 is 14.6 Å². The average Bonchev–Trinajstić information content (AvgIpc) is 3.39. The van der Waals surface area contributed by atoms with Crippen LogP contribution in [-0.2, 0) is 6.42 Å². The second-order valence-corrected chi connectivity index (χ2v) is 8.92. The number of halogens is 1. The molecule has 188 valence electrons. The van der Waals surface area contributed by atoms with Crippen LogP contribution in [0.1, 0.15) is 42.5 Å². The van der Waals surface area contributed by atoms with Crippen molar-refractivity contribution in [1.29, 1.82) is 0 Å². The summed E-state index contributed by atoms with van der Waals surface area (Å²) < 4.78 is 25.1. The molecule has 1 unspecified atom stereocenters. The smallest absolute Gasteiger partial charge is 0.326 e. The predicted octanol–water partition coefficient (Wildman–Crippen LogP) is 6.46. The molecule has 5 rings (SSSR count). The first-order valence-corrected chi connectivity index (χ1v) is 12.0. The van der Waals surface area contributed by atoms with E-state index in [0.717, 1.165) is 23.2 Å². The molecule has 1 aliphatic heterocycles. The van der Waals surface area contributed by atoms with Gasteiger partial charge in [-0.25, -0.2) is 9.18 Å². The Balaban J connectivity index is 1.62. The number of carbonyl (C=O) groups excluding carboxylic acids is 1. The van der Waals surface area contributed by atoms with E-state index < -0.39 is 11.9 Å². The molecule has 0 spiro atoms. The Labute approximate surface area is 214 Å². The second-order valence-electron chi connectivity index (χ2n) is 8.92. The Kier molecular flexibility index (Phi) is 6.48. The van der Waals surface area contributed by atoms with Gasteiger partial charge in [0.05, 0.1) is 24.4 Å². The number of rotatable bonds is 6. The van der Waals surface area contributed by atoms with E-state index in [1.54, 1.807) is 11.0 Å². The minimum absolute atomic E-state index is 0.130. The number of aromatic nitrogens is 2. The number of nitrogens with one attached hydrogen (secondary N) is 1. The number of ether oxygens (including phenoxy) is 1. The summed E-state index contributed by atoms with van der Waals surface area (Å²) in [4.78, 5) is 19.6. The van der Waals surface area contributed by atoms with E-state index in [9.17, 15) is 9.18 Å². The number of allylic oxidation sites excluding steroid dienone is 1. The molecule has 0 radical (unpaired) electrons. The van der Waals surface area contributed by atoms with Gasteiger partial charge in [0.1, 0.15) is 0 Å². The maximum absolute atomic E-state index is 14.3. The van der Waals surface area contributed by atoms with Gasteiger partial charge in [-0.3, -0.25) is 4.90 Å². The van der Waals surface area contributed by atoms with Crippen molar-refractivity contribution < 1.29 is 18.4 Å². The van der Waals surface area contributed by atoms with Gasteiger partial charge in [-0.15, -0.1) is 0 Å². The van der Waals surface area contributed by atoms with Crippen LogP contribution in [0.15, 0.2) is 77.0 Å². The maximum Gasteiger partial charge on any atom is 0.326 e. The first kappa shape index (κ1) is 24.2. The molecule has 1 aromatic heterocycles. The van der Waals surface area contributed by atoms with E-state index in [4.69, 9.17) is 9.26 Å². The highest BCUT2D eigenvalue weighted by molar-refractivity contribution is 6.01. The fourth-order valence-electron chi connectivity index (χ4n) is 4.48. The van der Waals surface area contributed by atoms with Crippen LogP contribution in [0.3, 0.4) is 0 Å². The summed E-state index contributed by atoms with van der Waals surface area (Å²) in [5, 5.41) is 7.23. The summed E-state index contributed by atoms with van der Waals surface area (Å²) in [7, 11) is 1.41. The Morgan fingerprint density at radius 1 is 1.05 bits per heavy atom. The molecule has 0 aliphatic carbocycles. The number of methoxy groups -OCH3 is 1. The van der Waals surface area contributed by atoms with Crippen LogP contribution in [0.4, 0.5) is 14.9 Å². The molecule has 0 fully saturated rings. The lowest BCUT2D eigenvalue weighted by Gasteiger charge is -2.35. The fraction of sp³-hybridized carbons (Fsp3) is 0.207. The number of hydrogen-bond donors (Lipinski definition) is 1. The molecule has 0 bridgehead atoms. The number of urea groups is 1. The molecular weight excluding hydrogens is 471 g/mol. The third-order valence-electron chi connectivity index (χ3n) is 6.56. The summed E-state index contributed by atoms with van der Waals surface area (Å²) in [5.74, 6) is 0.0811. The Morgan fingerprint density at radius 3 is 2.43 bits per heavy atom. The predicted molar refractivity (Wildman–Crippen MR) is 140 cm³/mol. The van der Waals surface area contributed by atoms with Crippen LogP contribution in [-0.4, -0.2) is 23.3 Å². The second kappa shape index (κ2) is 9.89. The molecule has 7 nitrogen and oxygen atoms in total. The number of hydrogen-bond acceptors (Lipinski definition) is 5. The van der Waals surface area contributed by atoms with Crippen molar-refractivity contribution >= 4 is 17.3 Å². The summed E-state index contributed by atoms with van der Waals surface area (Å²) in [6.07, 6.45) is 0.908. The molecule has 1 atom stereocenters. The first-order valence-electron chi connectivity index (χ1n) is 12.0. The van der Waals surface area contributed by atoms with Gasteiger partial charge >= 0.3 is 6.03 Å². The average molecular weight is 499 g/mol. The quantitative estimate of drug-likeness (QED) is 0.330. The van der Waals surface area contributed by atoms with E-state index in [1.165, 1.54) is 24.8 Å². The Hall–Kier alpha value is -4.46. The van der Waals surface area contributed by atoms with Crippen molar-refractivity contribution in [2.24, 2.45) is 0 Å². The topological polar surface area (TPSA) is 80.5 Å². The van der Waals surface area contributed by atoms with Crippen molar-refractivity contribution in [1.82, 2.24) is 15.5 Å². The molecule has 8 heteroatoms. The summed E-state index contributed by atoms with van der Waals surface area (Å²) in [5.41, 5.74) is 5.66. The van der Waals surface area contributed by atoms with Crippen molar-refractivity contribution in [3.8, 4) is 17.1 Å². The maximum atomic E-state index is 14.3. The third-order valence-corrected chi connectivity index (χ3v) is 6.56. The number of amides is 2. The molecular formula is C29H27FN4O3. The fourth-order valence-corrected chi connectivity index (χ4v) is 4.48. The molecule has 1 N–H and O–H groups in total. The SMILES string of the molecule is CCc1ccc(C2NC(=O)N(c3ccc(C)cc3)C(C)=C2c2nc(-c3ccc(OC)c(F)c3)no2)cc1. The van der Waals surface area contributed by atoms with Crippen LogP contribution in [0.5, 0.6) is 5.75 Å². The zero-order valence-electron chi connectivity index (χ0n) is 21.1. The van der Waals surface area contributed by atoms with Gasteiger partial charge in [-0.1, -0.05) is 54.0 Å². The van der Waals surface area contributed by atoms with E-state index >= 15 is 0 Å². The monoisotopic (exact) mass is 498 g/mol. The highest BCUT2D eigenvalue weighted by Crippen LogP contribution is 2.39. The Morgan fingerprint density at radius 2 is 1.78 bits per heavy atom. The number of nitrogens with zero attached hydrogens (tertiary/aromatic N) is 3. The van der Waals surface area contributed by atoms with Crippen molar-refractivity contribution in [3.05, 3.63) is 101 Å². The minimum Gasteiger partial charge on any atom is -0.494 e. The van der Waals surface area contributed by atoms with Gasteiger partial charge in [-0.05, 0) is 61.7 Å². The summed E-state index contributed by atoms with van der Waals surface area (Å²) in [6.45, 7) is 5.94. The standard InChI is InChI=1S/C29H27FN4O3/c1-5-19-8-10-20(11-9-19)26-25(18(3)34(29(35)31-26)22-13-6-17(2)7-14-22)28-32-27(33-37-28)21-12-15-24(36-4)23(30)16-21/h6-16,26H,5H2,1-4H3,(H,31,35). The molecule has 2 amide bonds. The summed E-state index contributed by atoms with van der Waals surface area (Å²) in [6, 6.07) is 19.5. The van der Waals surface area contributed by atoms with Crippen LogP contribution in [0.2, 0.25) is 0 Å². The van der Waals surface area contributed by atoms with Crippen molar-refractivity contribution in [3.63, 3.8) is 0 Å². The van der Waals surface area contributed by atoms with Crippen LogP contribution in [0.25, 0.3) is 17.0 Å². The largest absolute Gasteiger partial charge is 0.494 e. The first-order chi connectivity index (χ1) is 17.9. The van der Waals surface area contributed by atoms with Crippen molar-refractivity contribution in [2.45, 2.75) is 33.2 Å². The highest BCUT2D eigenvalue weighted by atomic mass is 19.1. The van der Waals surface area contributed by atoms with E-state index in [2.05, 4.69) is 22.4 Å². The normalized spacial score (nSPS) is 15.6. The van der Waals surface area contributed by atoms with E-state index in [1.807, 2.05) is 62.4 Å². The number of anilines is 1. The lowest BCUT2D eigenvalue weighted by atomic mass is 9.93. The molecule has 2 heterocycles. The van der Waals surface area contributed by atoms with E-state index in [-0.39, 0.29) is 23.5 Å². The van der Waals surface area contributed by atoms with Gasteiger partial charge in [0, 0.05) is 11.3 Å². The number of benzene rings is 3. The molecule has 37 heavy (non-hydrogen) atoms. The lowest BCUT2D eigenvalue weighted by molar-refractivity contribution is 0.244. The van der Waals surface area contributed by atoms with Crippen LogP contribution in [0, 0.1) is 12.7 Å². The molecule has 0 saturated heterocycles. The Bertz CT molecular complexity index is 1480. The minimum atomic E-state index is -0.522.